The molecule has 2 rings (SSSR count). The molecule has 94 valence electrons. The van der Waals surface area contributed by atoms with Gasteiger partial charge in [0.05, 0.1) is 0 Å². The standard InChI is InChI=1S/C16H16I2/c1-9-5-6-13(7-10(9)2)14-8-11(3)12(4)15(17)16(14)18/h5-8H,1-4H3. The van der Waals surface area contributed by atoms with Crippen LogP contribution in [0.4, 0.5) is 0 Å². The van der Waals surface area contributed by atoms with Crippen LogP contribution in [0.3, 0.4) is 0 Å². The third-order valence-corrected chi connectivity index (χ3v) is 7.03. The summed E-state index contributed by atoms with van der Waals surface area (Å²) < 4.78 is 2.74. The lowest BCUT2D eigenvalue weighted by Gasteiger charge is -2.13. The monoisotopic (exact) mass is 462 g/mol. The number of rotatable bonds is 1. The van der Waals surface area contributed by atoms with Crippen molar-refractivity contribution in [3.05, 3.63) is 53.7 Å². The van der Waals surface area contributed by atoms with Crippen LogP contribution in [0.5, 0.6) is 0 Å². The van der Waals surface area contributed by atoms with E-state index in [2.05, 4.69) is 97.1 Å². The summed E-state index contributed by atoms with van der Waals surface area (Å²) in [6, 6.07) is 9.04. The van der Waals surface area contributed by atoms with Gasteiger partial charge in [0.1, 0.15) is 0 Å². The maximum absolute atomic E-state index is 2.46. The minimum absolute atomic E-state index is 1.32. The van der Waals surface area contributed by atoms with Gasteiger partial charge >= 0.3 is 0 Å². The molecule has 2 aromatic rings. The van der Waals surface area contributed by atoms with Gasteiger partial charge in [-0.25, -0.2) is 0 Å². The summed E-state index contributed by atoms with van der Waals surface area (Å²) in [6.45, 7) is 8.73. The number of halogens is 2. The topological polar surface area (TPSA) is 0 Å². The highest BCUT2D eigenvalue weighted by molar-refractivity contribution is 14.1. The van der Waals surface area contributed by atoms with Crippen LogP contribution in [0, 0.1) is 34.8 Å². The molecule has 0 saturated carbocycles. The first-order valence-corrected chi connectivity index (χ1v) is 8.10. The highest BCUT2D eigenvalue weighted by Crippen LogP contribution is 2.33. The number of hydrogen-bond acceptors (Lipinski definition) is 0. The van der Waals surface area contributed by atoms with Crippen molar-refractivity contribution in [3.63, 3.8) is 0 Å². The van der Waals surface area contributed by atoms with E-state index in [-0.39, 0.29) is 0 Å². The molecular weight excluding hydrogens is 446 g/mol. The van der Waals surface area contributed by atoms with Gasteiger partial charge in [-0.3, -0.25) is 0 Å². The average molecular weight is 462 g/mol. The van der Waals surface area contributed by atoms with Crippen LogP contribution in [-0.4, -0.2) is 0 Å². The SMILES string of the molecule is Cc1ccc(-c2cc(C)c(C)c(I)c2I)cc1C. The minimum Gasteiger partial charge on any atom is -0.0584 e. The zero-order valence-electron chi connectivity index (χ0n) is 11.1. The third kappa shape index (κ3) is 2.59. The van der Waals surface area contributed by atoms with Gasteiger partial charge < -0.3 is 0 Å². The molecule has 18 heavy (non-hydrogen) atoms. The molecule has 0 atom stereocenters. The highest BCUT2D eigenvalue weighted by atomic mass is 127. The summed E-state index contributed by atoms with van der Waals surface area (Å²) in [7, 11) is 0. The van der Waals surface area contributed by atoms with Gasteiger partial charge in [0.15, 0.2) is 0 Å². The van der Waals surface area contributed by atoms with Gasteiger partial charge in [-0.05, 0) is 106 Å². The molecule has 0 aromatic heterocycles. The van der Waals surface area contributed by atoms with Crippen LogP contribution in [0.15, 0.2) is 24.3 Å². The first-order valence-electron chi connectivity index (χ1n) is 5.94. The quantitative estimate of drug-likeness (QED) is 0.471. The fraction of sp³-hybridized carbons (Fsp3) is 0.250. The molecule has 0 aliphatic rings. The second-order valence-corrected chi connectivity index (χ2v) is 6.95. The Bertz CT molecular complexity index is 613. The predicted octanol–water partition coefficient (Wildman–Crippen LogP) is 5.80. The van der Waals surface area contributed by atoms with E-state index in [1.165, 1.54) is 40.5 Å². The molecule has 0 N–H and O–H groups in total. The number of benzene rings is 2. The van der Waals surface area contributed by atoms with Gasteiger partial charge in [-0.1, -0.05) is 24.3 Å². The number of hydrogen-bond donors (Lipinski definition) is 0. The van der Waals surface area contributed by atoms with E-state index in [1.807, 2.05) is 0 Å². The Morgan fingerprint density at radius 1 is 0.722 bits per heavy atom. The molecule has 0 heterocycles. The number of aryl methyl sites for hydroxylation is 3. The van der Waals surface area contributed by atoms with Crippen LogP contribution in [0.25, 0.3) is 11.1 Å². The lowest BCUT2D eigenvalue weighted by molar-refractivity contribution is 1.29. The molecule has 0 fully saturated rings. The summed E-state index contributed by atoms with van der Waals surface area (Å²) in [6.07, 6.45) is 0. The zero-order valence-corrected chi connectivity index (χ0v) is 15.4. The van der Waals surface area contributed by atoms with Gasteiger partial charge in [0.25, 0.3) is 0 Å². The molecule has 0 spiro atoms. The van der Waals surface area contributed by atoms with E-state index in [0.717, 1.165) is 0 Å². The summed E-state index contributed by atoms with van der Waals surface area (Å²) in [5.41, 5.74) is 8.15. The molecule has 0 nitrogen and oxygen atoms in total. The smallest absolute Gasteiger partial charge is 0.0345 e. The molecule has 0 unspecified atom stereocenters. The van der Waals surface area contributed by atoms with E-state index in [4.69, 9.17) is 0 Å². The Kier molecular flexibility index (Phi) is 4.36. The average Bonchev–Trinajstić information content (AvgIpc) is 2.35. The first-order chi connectivity index (χ1) is 8.41. The Labute approximate surface area is 136 Å². The third-order valence-electron chi connectivity index (χ3n) is 3.53. The van der Waals surface area contributed by atoms with Crippen molar-refractivity contribution in [1.82, 2.24) is 0 Å². The van der Waals surface area contributed by atoms with Gasteiger partial charge in [0.2, 0.25) is 0 Å². The minimum atomic E-state index is 1.32. The highest BCUT2D eigenvalue weighted by Gasteiger charge is 2.11. The Balaban J connectivity index is 2.67. The molecule has 2 aromatic carbocycles. The second-order valence-electron chi connectivity index (χ2n) is 4.79. The summed E-state index contributed by atoms with van der Waals surface area (Å²) in [4.78, 5) is 0. The zero-order chi connectivity index (χ0) is 13.4. The van der Waals surface area contributed by atoms with Crippen molar-refractivity contribution in [2.75, 3.05) is 0 Å². The van der Waals surface area contributed by atoms with Crippen molar-refractivity contribution in [2.24, 2.45) is 0 Å². The van der Waals surface area contributed by atoms with Crippen molar-refractivity contribution < 1.29 is 0 Å². The molecule has 0 saturated heterocycles. The lowest BCUT2D eigenvalue weighted by atomic mass is 9.97. The Hall–Kier alpha value is -0.100. The maximum Gasteiger partial charge on any atom is 0.0345 e. The molecule has 0 bridgehead atoms. The van der Waals surface area contributed by atoms with Crippen molar-refractivity contribution in [3.8, 4) is 11.1 Å². The molecule has 0 aliphatic heterocycles. The fourth-order valence-corrected chi connectivity index (χ4v) is 3.55. The van der Waals surface area contributed by atoms with Gasteiger partial charge in [-0.2, -0.15) is 0 Å². The molecule has 0 amide bonds. The predicted molar refractivity (Wildman–Crippen MR) is 96.3 cm³/mol. The van der Waals surface area contributed by atoms with E-state index in [9.17, 15) is 0 Å². The van der Waals surface area contributed by atoms with Crippen LogP contribution >= 0.6 is 45.2 Å². The van der Waals surface area contributed by atoms with E-state index < -0.39 is 0 Å². The van der Waals surface area contributed by atoms with E-state index >= 15 is 0 Å². The molecule has 0 radical (unpaired) electrons. The Morgan fingerprint density at radius 3 is 2.00 bits per heavy atom. The Morgan fingerprint density at radius 2 is 1.39 bits per heavy atom. The van der Waals surface area contributed by atoms with E-state index in [1.54, 1.807) is 0 Å². The summed E-state index contributed by atoms with van der Waals surface area (Å²) in [5.74, 6) is 0. The van der Waals surface area contributed by atoms with Crippen molar-refractivity contribution >= 4 is 45.2 Å². The van der Waals surface area contributed by atoms with E-state index in [0.29, 0.717) is 0 Å². The van der Waals surface area contributed by atoms with Crippen LogP contribution < -0.4 is 0 Å². The fourth-order valence-electron chi connectivity index (χ4n) is 1.96. The van der Waals surface area contributed by atoms with Crippen LogP contribution in [0.2, 0.25) is 0 Å². The van der Waals surface area contributed by atoms with Crippen molar-refractivity contribution in [1.29, 1.82) is 0 Å². The van der Waals surface area contributed by atoms with Gasteiger partial charge in [0, 0.05) is 7.14 Å². The second kappa shape index (κ2) is 5.49. The molecular formula is C16H16I2. The maximum atomic E-state index is 2.46. The molecule has 0 aliphatic carbocycles. The normalized spacial score (nSPS) is 10.8. The first kappa shape index (κ1) is 14.3. The summed E-state index contributed by atoms with van der Waals surface area (Å²) >= 11 is 4.92. The molecule has 2 heteroatoms. The lowest BCUT2D eigenvalue weighted by Crippen LogP contribution is -1.95. The van der Waals surface area contributed by atoms with Crippen LogP contribution in [0.1, 0.15) is 22.3 Å². The van der Waals surface area contributed by atoms with Crippen molar-refractivity contribution in [2.45, 2.75) is 27.7 Å². The summed E-state index contributed by atoms with van der Waals surface area (Å²) in [5, 5.41) is 0. The van der Waals surface area contributed by atoms with Gasteiger partial charge in [-0.15, -0.1) is 0 Å². The largest absolute Gasteiger partial charge is 0.0584 e. The van der Waals surface area contributed by atoms with Crippen LogP contribution in [-0.2, 0) is 0 Å².